The van der Waals surface area contributed by atoms with Gasteiger partial charge in [-0.1, -0.05) is 0 Å². The molecule has 0 saturated heterocycles. The first kappa shape index (κ1) is 6.27. The SMILES string of the molecule is OC1CNCc2ncsc21. The first-order valence-corrected chi connectivity index (χ1v) is 4.07. The molecule has 4 heteroatoms. The van der Waals surface area contributed by atoms with Crippen molar-refractivity contribution in [3.8, 4) is 0 Å². The lowest BCUT2D eigenvalue weighted by atomic mass is 10.2. The summed E-state index contributed by atoms with van der Waals surface area (Å²) >= 11 is 1.53. The molecule has 2 N–H and O–H groups in total. The minimum atomic E-state index is -0.337. The monoisotopic (exact) mass is 156 g/mol. The minimum absolute atomic E-state index is 0.337. The van der Waals surface area contributed by atoms with E-state index in [0.717, 1.165) is 17.1 Å². The molecule has 1 unspecified atom stereocenters. The van der Waals surface area contributed by atoms with Crippen LogP contribution in [0.4, 0.5) is 0 Å². The largest absolute Gasteiger partial charge is 0.386 e. The molecule has 1 aliphatic rings. The number of fused-ring (bicyclic) bond motifs is 1. The van der Waals surface area contributed by atoms with Crippen LogP contribution in [0.2, 0.25) is 0 Å². The molecule has 3 nitrogen and oxygen atoms in total. The standard InChI is InChI=1S/C6H8N2OS/c9-5-2-7-1-4-6(5)10-3-8-4/h3,5,7,9H,1-2H2. The fourth-order valence-electron chi connectivity index (χ4n) is 1.10. The Kier molecular flexibility index (Phi) is 1.44. The van der Waals surface area contributed by atoms with Crippen molar-refractivity contribution in [3.05, 3.63) is 16.1 Å². The number of thiazole rings is 1. The smallest absolute Gasteiger partial charge is 0.102 e. The van der Waals surface area contributed by atoms with Crippen molar-refractivity contribution < 1.29 is 5.11 Å². The van der Waals surface area contributed by atoms with Gasteiger partial charge in [-0.3, -0.25) is 0 Å². The van der Waals surface area contributed by atoms with Crippen molar-refractivity contribution in [2.75, 3.05) is 6.54 Å². The Labute approximate surface area is 62.7 Å². The molecule has 0 spiro atoms. The molecular formula is C6H8N2OS. The number of nitrogens with zero attached hydrogens (tertiary/aromatic N) is 1. The van der Waals surface area contributed by atoms with Gasteiger partial charge in [0.05, 0.1) is 16.1 Å². The summed E-state index contributed by atoms with van der Waals surface area (Å²) in [4.78, 5) is 5.13. The van der Waals surface area contributed by atoms with E-state index in [9.17, 15) is 5.11 Å². The molecule has 0 saturated carbocycles. The van der Waals surface area contributed by atoms with Gasteiger partial charge in [0.15, 0.2) is 0 Å². The second-order valence-electron chi connectivity index (χ2n) is 2.31. The van der Waals surface area contributed by atoms with E-state index in [-0.39, 0.29) is 6.10 Å². The van der Waals surface area contributed by atoms with E-state index in [1.807, 2.05) is 0 Å². The lowest BCUT2D eigenvalue weighted by molar-refractivity contribution is 0.168. The number of rotatable bonds is 0. The number of hydrogen-bond acceptors (Lipinski definition) is 4. The third-order valence-electron chi connectivity index (χ3n) is 1.61. The molecule has 0 bridgehead atoms. The second kappa shape index (κ2) is 2.30. The van der Waals surface area contributed by atoms with E-state index in [1.54, 1.807) is 5.51 Å². The van der Waals surface area contributed by atoms with Gasteiger partial charge in [-0.05, 0) is 0 Å². The van der Waals surface area contributed by atoms with E-state index in [1.165, 1.54) is 11.3 Å². The van der Waals surface area contributed by atoms with Gasteiger partial charge in [0.1, 0.15) is 6.10 Å². The molecule has 0 aliphatic carbocycles. The first-order valence-electron chi connectivity index (χ1n) is 3.19. The van der Waals surface area contributed by atoms with Crippen LogP contribution >= 0.6 is 11.3 Å². The zero-order valence-corrected chi connectivity index (χ0v) is 6.19. The highest BCUT2D eigenvalue weighted by molar-refractivity contribution is 7.09. The Balaban J connectivity index is 2.41. The van der Waals surface area contributed by atoms with Crippen LogP contribution in [0.25, 0.3) is 0 Å². The topological polar surface area (TPSA) is 45.1 Å². The van der Waals surface area contributed by atoms with Gasteiger partial charge in [0.2, 0.25) is 0 Å². The van der Waals surface area contributed by atoms with Crippen molar-refractivity contribution in [1.82, 2.24) is 10.3 Å². The summed E-state index contributed by atoms with van der Waals surface area (Å²) in [5.41, 5.74) is 2.78. The summed E-state index contributed by atoms with van der Waals surface area (Å²) in [5, 5.41) is 12.4. The molecule has 2 rings (SSSR count). The number of β-amino-alcohol motifs (C(OH)–C–C–N with tert-alkyl or cyclic N) is 1. The van der Waals surface area contributed by atoms with E-state index in [2.05, 4.69) is 10.3 Å². The molecule has 0 amide bonds. The van der Waals surface area contributed by atoms with Gasteiger partial charge < -0.3 is 10.4 Å². The van der Waals surface area contributed by atoms with E-state index >= 15 is 0 Å². The molecule has 1 aromatic rings. The predicted octanol–water partition coefficient (Wildman–Crippen LogP) is 0.280. The Morgan fingerprint density at radius 3 is 3.50 bits per heavy atom. The van der Waals surface area contributed by atoms with Crippen LogP contribution in [0.5, 0.6) is 0 Å². The zero-order valence-electron chi connectivity index (χ0n) is 5.37. The van der Waals surface area contributed by atoms with E-state index in [4.69, 9.17) is 0 Å². The van der Waals surface area contributed by atoms with Gasteiger partial charge in [-0.2, -0.15) is 0 Å². The highest BCUT2D eigenvalue weighted by Crippen LogP contribution is 2.24. The lowest BCUT2D eigenvalue weighted by Crippen LogP contribution is -2.26. The Hall–Kier alpha value is -0.450. The summed E-state index contributed by atoms with van der Waals surface area (Å²) in [6, 6.07) is 0. The summed E-state index contributed by atoms with van der Waals surface area (Å²) in [6.45, 7) is 1.46. The Morgan fingerprint density at radius 1 is 1.80 bits per heavy atom. The van der Waals surface area contributed by atoms with Gasteiger partial charge in [0, 0.05) is 13.1 Å². The first-order chi connectivity index (χ1) is 4.88. The highest BCUT2D eigenvalue weighted by Gasteiger charge is 2.19. The molecule has 0 aromatic carbocycles. The zero-order chi connectivity index (χ0) is 6.97. The Bertz CT molecular complexity index is 235. The highest BCUT2D eigenvalue weighted by atomic mass is 32.1. The van der Waals surface area contributed by atoms with Crippen LogP contribution < -0.4 is 5.32 Å². The van der Waals surface area contributed by atoms with Gasteiger partial charge in [0.25, 0.3) is 0 Å². The molecule has 2 heterocycles. The maximum atomic E-state index is 9.36. The third kappa shape index (κ3) is 0.847. The van der Waals surface area contributed by atoms with Crippen LogP contribution in [0.1, 0.15) is 16.7 Å². The van der Waals surface area contributed by atoms with Crippen molar-refractivity contribution in [2.45, 2.75) is 12.6 Å². The molecule has 1 atom stereocenters. The molecule has 1 aromatic heterocycles. The average Bonchev–Trinajstić information content (AvgIpc) is 2.36. The normalized spacial score (nSPS) is 24.3. The summed E-state index contributed by atoms with van der Waals surface area (Å²) in [5.74, 6) is 0. The van der Waals surface area contributed by atoms with Crippen LogP contribution in [0, 0.1) is 0 Å². The van der Waals surface area contributed by atoms with Gasteiger partial charge in [-0.25, -0.2) is 4.98 Å². The van der Waals surface area contributed by atoms with Crippen LogP contribution in [0.15, 0.2) is 5.51 Å². The molecule has 10 heavy (non-hydrogen) atoms. The maximum Gasteiger partial charge on any atom is 0.102 e. The van der Waals surface area contributed by atoms with Crippen molar-refractivity contribution in [1.29, 1.82) is 0 Å². The molecule has 1 aliphatic heterocycles. The van der Waals surface area contributed by atoms with Crippen LogP contribution in [-0.2, 0) is 6.54 Å². The lowest BCUT2D eigenvalue weighted by Gasteiger charge is -2.16. The van der Waals surface area contributed by atoms with Crippen LogP contribution in [-0.4, -0.2) is 16.6 Å². The van der Waals surface area contributed by atoms with Gasteiger partial charge in [-0.15, -0.1) is 11.3 Å². The molecular weight excluding hydrogens is 148 g/mol. The third-order valence-corrected chi connectivity index (χ3v) is 2.58. The number of nitrogens with one attached hydrogen (secondary N) is 1. The van der Waals surface area contributed by atoms with Gasteiger partial charge >= 0.3 is 0 Å². The quantitative estimate of drug-likeness (QED) is 0.567. The summed E-state index contributed by atoms with van der Waals surface area (Å²) in [7, 11) is 0. The summed E-state index contributed by atoms with van der Waals surface area (Å²) < 4.78 is 0. The number of hydrogen-bond donors (Lipinski definition) is 2. The van der Waals surface area contributed by atoms with E-state index < -0.39 is 0 Å². The minimum Gasteiger partial charge on any atom is -0.386 e. The fraction of sp³-hybridized carbons (Fsp3) is 0.500. The summed E-state index contributed by atoms with van der Waals surface area (Å²) in [6.07, 6.45) is -0.337. The molecule has 54 valence electrons. The number of aliphatic hydroxyl groups excluding tert-OH is 1. The fourth-order valence-corrected chi connectivity index (χ4v) is 1.90. The number of aliphatic hydroxyl groups is 1. The van der Waals surface area contributed by atoms with Crippen LogP contribution in [0.3, 0.4) is 0 Å². The molecule has 0 radical (unpaired) electrons. The number of aromatic nitrogens is 1. The van der Waals surface area contributed by atoms with E-state index in [0.29, 0.717) is 6.54 Å². The Morgan fingerprint density at radius 2 is 2.70 bits per heavy atom. The second-order valence-corrected chi connectivity index (χ2v) is 3.20. The van der Waals surface area contributed by atoms with Crippen molar-refractivity contribution >= 4 is 11.3 Å². The molecule has 0 fully saturated rings. The maximum absolute atomic E-state index is 9.36. The van der Waals surface area contributed by atoms with Crippen molar-refractivity contribution in [3.63, 3.8) is 0 Å². The predicted molar refractivity (Wildman–Crippen MR) is 38.8 cm³/mol. The van der Waals surface area contributed by atoms with Crippen molar-refractivity contribution in [2.24, 2.45) is 0 Å². The average molecular weight is 156 g/mol.